The number of benzene rings is 1. The highest BCUT2D eigenvalue weighted by Gasteiger charge is 2.12. The molecule has 100 valence electrons. The summed E-state index contributed by atoms with van der Waals surface area (Å²) in [5.74, 6) is 6.47. The first-order chi connectivity index (χ1) is 9.20. The van der Waals surface area contributed by atoms with Crippen molar-refractivity contribution in [2.24, 2.45) is 5.84 Å². The van der Waals surface area contributed by atoms with Crippen molar-refractivity contribution in [2.45, 2.75) is 17.9 Å². The van der Waals surface area contributed by atoms with Gasteiger partial charge in [0.15, 0.2) is 0 Å². The molecule has 0 aliphatic rings. The normalized spacial score (nSPS) is 12.4. The molecule has 0 saturated carbocycles. The summed E-state index contributed by atoms with van der Waals surface area (Å²) in [6.45, 7) is 2.06. The van der Waals surface area contributed by atoms with Crippen LogP contribution in [0.25, 0.3) is 0 Å². The van der Waals surface area contributed by atoms with Crippen molar-refractivity contribution in [2.75, 3.05) is 5.75 Å². The van der Waals surface area contributed by atoms with Crippen LogP contribution in [0.3, 0.4) is 0 Å². The summed E-state index contributed by atoms with van der Waals surface area (Å²) < 4.78 is 0. The number of nitrogens with two attached hydrogens (primary N) is 1. The first kappa shape index (κ1) is 14.3. The van der Waals surface area contributed by atoms with Crippen molar-refractivity contribution in [3.63, 3.8) is 0 Å². The Labute approximate surface area is 122 Å². The second-order valence-corrected chi connectivity index (χ2v) is 5.75. The van der Waals surface area contributed by atoms with E-state index in [1.807, 2.05) is 36.5 Å². The van der Waals surface area contributed by atoms with E-state index in [-0.39, 0.29) is 6.04 Å². The first-order valence-corrected chi connectivity index (χ1v) is 7.32. The summed E-state index contributed by atoms with van der Waals surface area (Å²) in [5, 5.41) is 0.750. The molecule has 3 N–H and O–H groups in total. The fourth-order valence-electron chi connectivity index (χ4n) is 1.81. The summed E-state index contributed by atoms with van der Waals surface area (Å²) in [6.07, 6.45) is 3.65. The molecule has 2 aromatic rings. The molecular formula is C14H16ClN3S. The molecule has 3 nitrogen and oxygen atoms in total. The van der Waals surface area contributed by atoms with Crippen LogP contribution in [0.1, 0.15) is 17.2 Å². The van der Waals surface area contributed by atoms with Gasteiger partial charge in [-0.15, -0.1) is 11.8 Å². The Morgan fingerprint density at radius 3 is 2.95 bits per heavy atom. The monoisotopic (exact) mass is 293 g/mol. The van der Waals surface area contributed by atoms with Crippen LogP contribution in [0.15, 0.2) is 47.6 Å². The predicted molar refractivity (Wildman–Crippen MR) is 81.2 cm³/mol. The van der Waals surface area contributed by atoms with Crippen molar-refractivity contribution >= 4 is 23.4 Å². The van der Waals surface area contributed by atoms with E-state index in [9.17, 15) is 0 Å². The maximum absolute atomic E-state index is 5.97. The van der Waals surface area contributed by atoms with Crippen LogP contribution in [-0.4, -0.2) is 10.7 Å². The number of pyridine rings is 1. The molecule has 0 aliphatic carbocycles. The zero-order valence-electron chi connectivity index (χ0n) is 10.6. The maximum atomic E-state index is 5.97. The minimum absolute atomic E-state index is 0.0673. The Kier molecular flexibility index (Phi) is 5.22. The third kappa shape index (κ3) is 3.94. The van der Waals surface area contributed by atoms with Gasteiger partial charge >= 0.3 is 0 Å². The fourth-order valence-corrected chi connectivity index (χ4v) is 3.08. The van der Waals surface area contributed by atoms with Gasteiger partial charge in [0.05, 0.1) is 6.04 Å². The molecule has 2 rings (SSSR count). The van der Waals surface area contributed by atoms with Crippen LogP contribution in [0.4, 0.5) is 0 Å². The summed E-state index contributed by atoms with van der Waals surface area (Å²) in [4.78, 5) is 5.29. The number of thioether (sulfide) groups is 1. The Morgan fingerprint density at radius 2 is 2.26 bits per heavy atom. The van der Waals surface area contributed by atoms with Gasteiger partial charge in [0, 0.05) is 28.1 Å². The van der Waals surface area contributed by atoms with Gasteiger partial charge in [-0.3, -0.25) is 16.3 Å². The molecular weight excluding hydrogens is 278 g/mol. The lowest BCUT2D eigenvalue weighted by atomic mass is 10.1. The largest absolute Gasteiger partial charge is 0.271 e. The summed E-state index contributed by atoms with van der Waals surface area (Å²) in [6, 6.07) is 9.87. The van der Waals surface area contributed by atoms with E-state index >= 15 is 0 Å². The van der Waals surface area contributed by atoms with Crippen LogP contribution < -0.4 is 11.3 Å². The number of hydrogen-bond donors (Lipinski definition) is 2. The molecule has 1 heterocycles. The maximum Gasteiger partial charge on any atom is 0.0571 e. The third-order valence-electron chi connectivity index (χ3n) is 2.87. The molecule has 0 aliphatic heterocycles. The highest BCUT2D eigenvalue weighted by atomic mass is 35.5. The van der Waals surface area contributed by atoms with Crippen molar-refractivity contribution < 1.29 is 0 Å². The molecule has 0 bridgehead atoms. The minimum atomic E-state index is 0.0673. The van der Waals surface area contributed by atoms with Gasteiger partial charge in [-0.2, -0.15) is 0 Å². The molecule has 5 heteroatoms. The zero-order chi connectivity index (χ0) is 13.7. The van der Waals surface area contributed by atoms with Gasteiger partial charge < -0.3 is 0 Å². The van der Waals surface area contributed by atoms with Crippen molar-refractivity contribution in [3.05, 3.63) is 58.9 Å². The van der Waals surface area contributed by atoms with Crippen LogP contribution in [0.2, 0.25) is 5.02 Å². The molecule has 0 spiro atoms. The number of rotatable bonds is 5. The first-order valence-electron chi connectivity index (χ1n) is 5.95. The van der Waals surface area contributed by atoms with E-state index in [2.05, 4.69) is 17.3 Å². The van der Waals surface area contributed by atoms with E-state index in [0.29, 0.717) is 0 Å². The van der Waals surface area contributed by atoms with E-state index < -0.39 is 0 Å². The SMILES string of the molecule is Cc1ccncc1C(CSc1cccc(Cl)c1)NN. The quantitative estimate of drug-likeness (QED) is 0.504. The number of aromatic nitrogens is 1. The number of aryl methyl sites for hydroxylation is 1. The number of hydrogen-bond acceptors (Lipinski definition) is 4. The summed E-state index contributed by atoms with van der Waals surface area (Å²) >= 11 is 7.69. The van der Waals surface area contributed by atoms with E-state index in [0.717, 1.165) is 21.2 Å². The Morgan fingerprint density at radius 1 is 1.42 bits per heavy atom. The second-order valence-electron chi connectivity index (χ2n) is 4.22. The standard InChI is InChI=1S/C14H16ClN3S/c1-10-5-6-17-8-13(10)14(18-16)9-19-12-4-2-3-11(15)7-12/h2-8,14,18H,9,16H2,1H3. The fraction of sp³-hybridized carbons (Fsp3) is 0.214. The van der Waals surface area contributed by atoms with Gasteiger partial charge in [-0.05, 0) is 42.3 Å². The van der Waals surface area contributed by atoms with Crippen molar-refractivity contribution in [3.8, 4) is 0 Å². The zero-order valence-corrected chi connectivity index (χ0v) is 12.2. The van der Waals surface area contributed by atoms with Gasteiger partial charge in [0.2, 0.25) is 0 Å². The number of nitrogens with zero attached hydrogens (tertiary/aromatic N) is 1. The molecule has 1 aromatic heterocycles. The number of halogens is 1. The second kappa shape index (κ2) is 6.91. The Bertz CT molecular complexity index is 548. The minimum Gasteiger partial charge on any atom is -0.271 e. The predicted octanol–water partition coefficient (Wildman–Crippen LogP) is 3.34. The Hall–Kier alpha value is -1.07. The Balaban J connectivity index is 2.06. The van der Waals surface area contributed by atoms with Crippen LogP contribution in [-0.2, 0) is 0 Å². The third-order valence-corrected chi connectivity index (χ3v) is 4.19. The lowest BCUT2D eigenvalue weighted by molar-refractivity contribution is 0.605. The van der Waals surface area contributed by atoms with E-state index in [4.69, 9.17) is 17.4 Å². The number of nitrogens with one attached hydrogen (secondary N) is 1. The average Bonchev–Trinajstić information content (AvgIpc) is 2.41. The van der Waals surface area contributed by atoms with Crippen LogP contribution in [0, 0.1) is 6.92 Å². The highest BCUT2D eigenvalue weighted by molar-refractivity contribution is 7.99. The van der Waals surface area contributed by atoms with E-state index in [1.54, 1.807) is 18.0 Å². The number of hydrazine groups is 1. The van der Waals surface area contributed by atoms with Crippen LogP contribution in [0.5, 0.6) is 0 Å². The molecule has 0 radical (unpaired) electrons. The lowest BCUT2D eigenvalue weighted by Gasteiger charge is -2.17. The van der Waals surface area contributed by atoms with E-state index in [1.165, 1.54) is 5.56 Å². The van der Waals surface area contributed by atoms with Gasteiger partial charge in [-0.1, -0.05) is 17.7 Å². The summed E-state index contributed by atoms with van der Waals surface area (Å²) in [7, 11) is 0. The molecule has 19 heavy (non-hydrogen) atoms. The molecule has 0 fully saturated rings. The molecule has 1 unspecified atom stereocenters. The average molecular weight is 294 g/mol. The summed E-state index contributed by atoms with van der Waals surface area (Å²) in [5.41, 5.74) is 5.16. The van der Waals surface area contributed by atoms with Crippen molar-refractivity contribution in [1.82, 2.24) is 10.4 Å². The smallest absolute Gasteiger partial charge is 0.0571 e. The van der Waals surface area contributed by atoms with Gasteiger partial charge in [-0.25, -0.2) is 0 Å². The topological polar surface area (TPSA) is 50.9 Å². The lowest BCUT2D eigenvalue weighted by Crippen LogP contribution is -2.30. The molecule has 0 saturated heterocycles. The van der Waals surface area contributed by atoms with Crippen LogP contribution >= 0.6 is 23.4 Å². The molecule has 1 aromatic carbocycles. The molecule has 1 atom stereocenters. The van der Waals surface area contributed by atoms with Crippen molar-refractivity contribution in [1.29, 1.82) is 0 Å². The molecule has 0 amide bonds. The highest BCUT2D eigenvalue weighted by Crippen LogP contribution is 2.27. The van der Waals surface area contributed by atoms with Gasteiger partial charge in [0.1, 0.15) is 0 Å². The van der Waals surface area contributed by atoms with Gasteiger partial charge in [0.25, 0.3) is 0 Å².